The number of para-hydroxylation sites is 1. The zero-order chi connectivity index (χ0) is 16.5. The van der Waals surface area contributed by atoms with Gasteiger partial charge in [0.1, 0.15) is 5.78 Å². The van der Waals surface area contributed by atoms with Crippen LogP contribution in [0.25, 0.3) is 0 Å². The molecule has 0 bridgehead atoms. The predicted molar refractivity (Wildman–Crippen MR) is 94.7 cm³/mol. The van der Waals surface area contributed by atoms with Crippen LogP contribution in [0.15, 0.2) is 41.1 Å². The lowest BCUT2D eigenvalue weighted by atomic mass is 10.0. The van der Waals surface area contributed by atoms with E-state index >= 15 is 0 Å². The first-order valence-corrected chi connectivity index (χ1v) is 8.76. The van der Waals surface area contributed by atoms with Crippen LogP contribution in [0.5, 0.6) is 0 Å². The van der Waals surface area contributed by atoms with E-state index < -0.39 is 0 Å². The second kappa shape index (κ2) is 9.10. The van der Waals surface area contributed by atoms with Crippen molar-refractivity contribution in [1.82, 2.24) is 5.32 Å². The summed E-state index contributed by atoms with van der Waals surface area (Å²) in [6, 6.07) is 9.29. The Morgan fingerprint density at radius 3 is 2.65 bits per heavy atom. The molecule has 3 N–H and O–H groups in total. The van der Waals surface area contributed by atoms with Crippen molar-refractivity contribution in [3.63, 3.8) is 0 Å². The summed E-state index contributed by atoms with van der Waals surface area (Å²) in [4.78, 5) is 23.6. The van der Waals surface area contributed by atoms with E-state index in [-0.39, 0.29) is 11.7 Å². The van der Waals surface area contributed by atoms with Crippen LogP contribution in [0.2, 0.25) is 0 Å². The summed E-state index contributed by atoms with van der Waals surface area (Å²) >= 11 is 1.51. The van der Waals surface area contributed by atoms with Crippen LogP contribution >= 0.6 is 11.3 Å². The Hall–Kier alpha value is -2.14. The van der Waals surface area contributed by atoms with Gasteiger partial charge in [0.25, 0.3) is 5.91 Å². The maximum atomic E-state index is 11.9. The molecule has 0 atom stereocenters. The van der Waals surface area contributed by atoms with E-state index in [1.165, 1.54) is 11.3 Å². The molecule has 5 heteroatoms. The largest absolute Gasteiger partial charge is 0.398 e. The fourth-order valence-corrected chi connectivity index (χ4v) is 2.95. The van der Waals surface area contributed by atoms with Gasteiger partial charge in [-0.05, 0) is 35.9 Å². The number of ketones is 1. The summed E-state index contributed by atoms with van der Waals surface area (Å²) < 4.78 is 0. The third-order valence-corrected chi connectivity index (χ3v) is 4.33. The molecule has 4 nitrogen and oxygen atoms in total. The molecular formula is C18H22N2O2S. The summed E-state index contributed by atoms with van der Waals surface area (Å²) in [5.41, 5.74) is 8.13. The number of carbonyl (C=O) groups excluding carboxylic acids is 2. The van der Waals surface area contributed by atoms with Crippen molar-refractivity contribution >= 4 is 28.7 Å². The van der Waals surface area contributed by atoms with E-state index in [1.807, 2.05) is 41.1 Å². The van der Waals surface area contributed by atoms with Crippen LogP contribution in [0.3, 0.4) is 0 Å². The van der Waals surface area contributed by atoms with Crippen molar-refractivity contribution in [2.45, 2.75) is 32.1 Å². The molecule has 2 rings (SSSR count). The van der Waals surface area contributed by atoms with Gasteiger partial charge in [-0.15, -0.1) is 0 Å². The minimum absolute atomic E-state index is 0.0260. The van der Waals surface area contributed by atoms with Crippen molar-refractivity contribution in [1.29, 1.82) is 0 Å². The number of nitrogen functional groups attached to an aromatic ring is 1. The van der Waals surface area contributed by atoms with Crippen LogP contribution in [0.1, 0.15) is 41.6 Å². The van der Waals surface area contributed by atoms with Crippen LogP contribution in [-0.4, -0.2) is 18.2 Å². The van der Waals surface area contributed by atoms with Crippen LogP contribution in [0, 0.1) is 0 Å². The van der Waals surface area contributed by atoms with Gasteiger partial charge >= 0.3 is 0 Å². The number of hydrogen-bond acceptors (Lipinski definition) is 4. The number of thiophene rings is 1. The number of benzene rings is 1. The highest BCUT2D eigenvalue weighted by Crippen LogP contribution is 2.13. The summed E-state index contributed by atoms with van der Waals surface area (Å²) in [6.07, 6.45) is 3.63. The SMILES string of the molecule is Nc1ccccc1CC(=O)CCCCCNC(=O)c1ccsc1. The third kappa shape index (κ3) is 5.87. The predicted octanol–water partition coefficient (Wildman–Crippen LogP) is 3.43. The molecule has 0 aliphatic rings. The molecule has 0 saturated carbocycles. The Kier molecular flexibility index (Phi) is 6.81. The molecule has 0 spiro atoms. The zero-order valence-corrected chi connectivity index (χ0v) is 13.9. The number of amides is 1. The monoisotopic (exact) mass is 330 g/mol. The van der Waals surface area contributed by atoms with Gasteiger partial charge < -0.3 is 11.1 Å². The van der Waals surface area contributed by atoms with E-state index in [0.29, 0.717) is 30.6 Å². The van der Waals surface area contributed by atoms with Gasteiger partial charge in [0.15, 0.2) is 0 Å². The second-order valence-electron chi connectivity index (χ2n) is 5.49. The van der Waals surface area contributed by atoms with E-state index in [4.69, 9.17) is 5.73 Å². The Morgan fingerprint density at radius 1 is 1.09 bits per heavy atom. The number of carbonyl (C=O) groups is 2. The van der Waals surface area contributed by atoms with Gasteiger partial charge in [-0.3, -0.25) is 9.59 Å². The molecule has 2 aromatic rings. The zero-order valence-electron chi connectivity index (χ0n) is 13.1. The van der Waals surface area contributed by atoms with Crippen molar-refractivity contribution in [2.24, 2.45) is 0 Å². The number of rotatable bonds is 9. The average molecular weight is 330 g/mol. The molecule has 1 aromatic heterocycles. The number of Topliss-reactive ketones (excluding diaryl/α,β-unsaturated/α-hetero) is 1. The Morgan fingerprint density at radius 2 is 1.91 bits per heavy atom. The fraction of sp³-hybridized carbons (Fsp3) is 0.333. The molecule has 0 aliphatic heterocycles. The lowest BCUT2D eigenvalue weighted by Crippen LogP contribution is -2.23. The van der Waals surface area contributed by atoms with Crippen molar-refractivity contribution in [2.75, 3.05) is 12.3 Å². The number of unbranched alkanes of at least 4 members (excludes halogenated alkanes) is 2. The maximum Gasteiger partial charge on any atom is 0.252 e. The molecule has 0 unspecified atom stereocenters. The number of hydrogen-bond donors (Lipinski definition) is 2. The first kappa shape index (κ1) is 17.2. The van der Waals surface area contributed by atoms with E-state index in [0.717, 1.165) is 24.8 Å². The summed E-state index contributed by atoms with van der Waals surface area (Å²) in [7, 11) is 0. The Balaban J connectivity index is 1.56. The molecule has 122 valence electrons. The van der Waals surface area contributed by atoms with Gasteiger partial charge in [-0.1, -0.05) is 24.6 Å². The maximum absolute atomic E-state index is 11.9. The van der Waals surface area contributed by atoms with Gasteiger partial charge in [-0.2, -0.15) is 11.3 Å². The minimum Gasteiger partial charge on any atom is -0.398 e. The number of anilines is 1. The van der Waals surface area contributed by atoms with Gasteiger partial charge in [0.2, 0.25) is 0 Å². The highest BCUT2D eigenvalue weighted by atomic mass is 32.1. The van der Waals surface area contributed by atoms with E-state index in [9.17, 15) is 9.59 Å². The first-order chi connectivity index (χ1) is 11.2. The molecule has 23 heavy (non-hydrogen) atoms. The average Bonchev–Trinajstić information content (AvgIpc) is 3.07. The summed E-state index contributed by atoms with van der Waals surface area (Å²) in [6.45, 7) is 0.647. The summed E-state index contributed by atoms with van der Waals surface area (Å²) in [5, 5.41) is 6.61. The molecule has 0 aliphatic carbocycles. The summed E-state index contributed by atoms with van der Waals surface area (Å²) in [5.74, 6) is 0.187. The topological polar surface area (TPSA) is 72.2 Å². The van der Waals surface area contributed by atoms with Crippen LogP contribution < -0.4 is 11.1 Å². The van der Waals surface area contributed by atoms with Gasteiger partial charge in [-0.25, -0.2) is 0 Å². The van der Waals surface area contributed by atoms with Crippen molar-refractivity contribution in [3.05, 3.63) is 52.2 Å². The quantitative estimate of drug-likeness (QED) is 0.546. The molecule has 0 radical (unpaired) electrons. The first-order valence-electron chi connectivity index (χ1n) is 7.82. The normalized spacial score (nSPS) is 10.4. The minimum atomic E-state index is -0.0260. The smallest absolute Gasteiger partial charge is 0.252 e. The van der Waals surface area contributed by atoms with E-state index in [1.54, 1.807) is 0 Å². The highest BCUT2D eigenvalue weighted by molar-refractivity contribution is 7.08. The molecule has 1 heterocycles. The number of nitrogens with two attached hydrogens (primary N) is 1. The lowest BCUT2D eigenvalue weighted by molar-refractivity contribution is -0.118. The van der Waals surface area contributed by atoms with Crippen molar-refractivity contribution in [3.8, 4) is 0 Å². The Bertz CT molecular complexity index is 638. The highest BCUT2D eigenvalue weighted by Gasteiger charge is 2.07. The lowest BCUT2D eigenvalue weighted by Gasteiger charge is -2.05. The molecule has 0 fully saturated rings. The Labute approximate surface area is 140 Å². The van der Waals surface area contributed by atoms with Crippen molar-refractivity contribution < 1.29 is 9.59 Å². The van der Waals surface area contributed by atoms with Gasteiger partial charge in [0.05, 0.1) is 0 Å². The molecule has 1 aromatic carbocycles. The van der Waals surface area contributed by atoms with Crippen LogP contribution in [-0.2, 0) is 11.2 Å². The standard InChI is InChI=1S/C18H22N2O2S/c19-17-8-4-3-6-14(17)12-16(21)7-2-1-5-10-20-18(22)15-9-11-23-13-15/h3-4,6,8-9,11,13H,1-2,5,7,10,12,19H2,(H,20,22). The number of nitrogens with one attached hydrogen (secondary N) is 1. The second-order valence-corrected chi connectivity index (χ2v) is 6.27. The third-order valence-electron chi connectivity index (χ3n) is 3.64. The van der Waals surface area contributed by atoms with E-state index in [2.05, 4.69) is 5.32 Å². The molecular weight excluding hydrogens is 308 g/mol. The molecule has 1 amide bonds. The fourth-order valence-electron chi connectivity index (χ4n) is 2.32. The van der Waals surface area contributed by atoms with Gasteiger partial charge in [0, 0.05) is 36.0 Å². The molecule has 0 saturated heterocycles. The van der Waals surface area contributed by atoms with Crippen LogP contribution in [0.4, 0.5) is 5.69 Å².